The summed E-state index contributed by atoms with van der Waals surface area (Å²) < 4.78 is 2.26. The second kappa shape index (κ2) is 4.79. The number of imidazole rings is 1. The van der Waals surface area contributed by atoms with Crippen LogP contribution < -0.4 is 5.73 Å². The first-order valence-electron chi connectivity index (χ1n) is 6.03. The Morgan fingerprint density at radius 1 is 1.47 bits per heavy atom. The molecule has 1 aliphatic carbocycles. The largest absolute Gasteiger partial charge is 0.330 e. The Bertz CT molecular complexity index is 300. The molecule has 0 aromatic carbocycles. The lowest BCUT2D eigenvalue weighted by Gasteiger charge is -2.29. The molecule has 2 rings (SSSR count). The van der Waals surface area contributed by atoms with Crippen molar-refractivity contribution in [2.45, 2.75) is 51.6 Å². The van der Waals surface area contributed by atoms with Gasteiger partial charge in [-0.3, -0.25) is 0 Å². The van der Waals surface area contributed by atoms with Crippen LogP contribution in [0.5, 0.6) is 0 Å². The Morgan fingerprint density at radius 3 is 2.87 bits per heavy atom. The molecule has 2 N–H and O–H groups in total. The van der Waals surface area contributed by atoms with E-state index in [0.717, 1.165) is 11.6 Å². The molecule has 3 heteroatoms. The van der Waals surface area contributed by atoms with Gasteiger partial charge in [-0.15, -0.1) is 0 Å². The van der Waals surface area contributed by atoms with Crippen molar-refractivity contribution in [3.8, 4) is 0 Å². The van der Waals surface area contributed by atoms with E-state index in [-0.39, 0.29) is 0 Å². The predicted molar refractivity (Wildman–Crippen MR) is 61.4 cm³/mol. The maximum absolute atomic E-state index is 5.70. The summed E-state index contributed by atoms with van der Waals surface area (Å²) in [4.78, 5) is 4.19. The molecule has 0 bridgehead atoms. The minimum atomic E-state index is 0.561. The van der Waals surface area contributed by atoms with E-state index in [0.29, 0.717) is 12.6 Å². The fraction of sp³-hybridized carbons (Fsp3) is 0.750. The van der Waals surface area contributed by atoms with E-state index in [9.17, 15) is 0 Å². The number of nitrogens with two attached hydrogens (primary N) is 1. The van der Waals surface area contributed by atoms with Gasteiger partial charge in [0.1, 0.15) is 0 Å². The van der Waals surface area contributed by atoms with Crippen LogP contribution in [0.3, 0.4) is 0 Å². The van der Waals surface area contributed by atoms with Gasteiger partial charge in [0.25, 0.3) is 0 Å². The topological polar surface area (TPSA) is 43.8 Å². The van der Waals surface area contributed by atoms with Gasteiger partial charge in [-0.1, -0.05) is 19.3 Å². The van der Waals surface area contributed by atoms with Crippen LogP contribution in [0, 0.1) is 5.92 Å². The Kier molecular flexibility index (Phi) is 3.41. The fourth-order valence-corrected chi connectivity index (χ4v) is 2.70. The zero-order chi connectivity index (χ0) is 10.7. The third-order valence-corrected chi connectivity index (χ3v) is 3.73. The Labute approximate surface area is 91.7 Å². The van der Waals surface area contributed by atoms with Gasteiger partial charge in [0.2, 0.25) is 0 Å². The standard InChI is InChI=1S/C12H21N3/c1-10(11-5-3-2-4-6-11)15-9-14-8-12(15)7-13/h8-11H,2-7,13H2,1H3. The van der Waals surface area contributed by atoms with Crippen molar-refractivity contribution in [2.75, 3.05) is 0 Å². The Balaban J connectivity index is 2.08. The number of nitrogens with zero attached hydrogens (tertiary/aromatic N) is 2. The lowest BCUT2D eigenvalue weighted by Crippen LogP contribution is -2.21. The lowest BCUT2D eigenvalue weighted by atomic mass is 9.84. The molecule has 1 saturated carbocycles. The molecule has 0 saturated heterocycles. The number of hydrogen-bond donors (Lipinski definition) is 1. The molecule has 0 amide bonds. The van der Waals surface area contributed by atoms with Crippen LogP contribution in [0.15, 0.2) is 12.5 Å². The van der Waals surface area contributed by atoms with E-state index in [1.54, 1.807) is 0 Å². The predicted octanol–water partition coefficient (Wildman–Crippen LogP) is 2.48. The van der Waals surface area contributed by atoms with Crippen LogP contribution in [0.25, 0.3) is 0 Å². The number of rotatable bonds is 3. The summed E-state index contributed by atoms with van der Waals surface area (Å²) in [6, 6.07) is 0.561. The van der Waals surface area contributed by atoms with Gasteiger partial charge in [0.05, 0.1) is 12.0 Å². The third-order valence-electron chi connectivity index (χ3n) is 3.73. The van der Waals surface area contributed by atoms with Crippen LogP contribution >= 0.6 is 0 Å². The van der Waals surface area contributed by atoms with Gasteiger partial charge in [0.15, 0.2) is 0 Å². The second-order valence-corrected chi connectivity index (χ2v) is 4.64. The number of aromatic nitrogens is 2. The van der Waals surface area contributed by atoms with Gasteiger partial charge >= 0.3 is 0 Å². The lowest BCUT2D eigenvalue weighted by molar-refractivity contribution is 0.260. The molecule has 1 heterocycles. The average molecular weight is 207 g/mol. The van der Waals surface area contributed by atoms with Crippen LogP contribution in [0.4, 0.5) is 0 Å². The van der Waals surface area contributed by atoms with E-state index in [1.807, 2.05) is 12.5 Å². The highest BCUT2D eigenvalue weighted by Crippen LogP contribution is 2.32. The van der Waals surface area contributed by atoms with Gasteiger partial charge in [-0.05, 0) is 25.7 Å². The highest BCUT2D eigenvalue weighted by atomic mass is 15.1. The zero-order valence-corrected chi connectivity index (χ0v) is 9.52. The van der Waals surface area contributed by atoms with E-state index in [1.165, 1.54) is 32.1 Å². The van der Waals surface area contributed by atoms with Crippen LogP contribution in [-0.4, -0.2) is 9.55 Å². The quantitative estimate of drug-likeness (QED) is 0.827. The van der Waals surface area contributed by atoms with Crippen molar-refractivity contribution in [1.82, 2.24) is 9.55 Å². The molecule has 1 aliphatic rings. The van der Waals surface area contributed by atoms with Crippen LogP contribution in [0.2, 0.25) is 0 Å². The molecule has 1 atom stereocenters. The van der Waals surface area contributed by atoms with Gasteiger partial charge in [0, 0.05) is 18.8 Å². The molecule has 84 valence electrons. The first-order chi connectivity index (χ1) is 7.33. The minimum absolute atomic E-state index is 0.561. The first kappa shape index (κ1) is 10.7. The van der Waals surface area contributed by atoms with Crippen molar-refractivity contribution >= 4 is 0 Å². The summed E-state index contributed by atoms with van der Waals surface area (Å²) >= 11 is 0. The Morgan fingerprint density at radius 2 is 2.20 bits per heavy atom. The highest BCUT2D eigenvalue weighted by molar-refractivity contribution is 5.00. The maximum Gasteiger partial charge on any atom is 0.0951 e. The highest BCUT2D eigenvalue weighted by Gasteiger charge is 2.22. The molecular formula is C12H21N3. The second-order valence-electron chi connectivity index (χ2n) is 4.64. The third kappa shape index (κ3) is 2.23. The average Bonchev–Trinajstić information content (AvgIpc) is 2.77. The van der Waals surface area contributed by atoms with E-state index >= 15 is 0 Å². The SMILES string of the molecule is CC(C1CCCCC1)n1cncc1CN. The molecule has 0 aliphatic heterocycles. The van der Waals surface area contributed by atoms with E-state index in [4.69, 9.17) is 5.73 Å². The van der Waals surface area contributed by atoms with E-state index < -0.39 is 0 Å². The van der Waals surface area contributed by atoms with Crippen molar-refractivity contribution < 1.29 is 0 Å². The summed E-state index contributed by atoms with van der Waals surface area (Å²) in [5, 5.41) is 0. The summed E-state index contributed by atoms with van der Waals surface area (Å²) in [6.45, 7) is 2.90. The van der Waals surface area contributed by atoms with E-state index in [2.05, 4.69) is 16.5 Å². The first-order valence-corrected chi connectivity index (χ1v) is 6.03. The number of hydrogen-bond acceptors (Lipinski definition) is 2. The molecule has 1 aromatic heterocycles. The molecule has 0 spiro atoms. The van der Waals surface area contributed by atoms with Crippen molar-refractivity contribution in [2.24, 2.45) is 11.7 Å². The van der Waals surface area contributed by atoms with Gasteiger partial charge < -0.3 is 10.3 Å². The van der Waals surface area contributed by atoms with Crippen molar-refractivity contribution in [1.29, 1.82) is 0 Å². The van der Waals surface area contributed by atoms with Gasteiger partial charge in [-0.2, -0.15) is 0 Å². The fourth-order valence-electron chi connectivity index (χ4n) is 2.70. The molecule has 15 heavy (non-hydrogen) atoms. The molecule has 1 aromatic rings. The zero-order valence-electron chi connectivity index (χ0n) is 9.52. The maximum atomic E-state index is 5.70. The molecular weight excluding hydrogens is 186 g/mol. The molecule has 0 radical (unpaired) electrons. The monoisotopic (exact) mass is 207 g/mol. The normalized spacial score (nSPS) is 20.4. The summed E-state index contributed by atoms with van der Waals surface area (Å²) in [7, 11) is 0. The molecule has 1 unspecified atom stereocenters. The van der Waals surface area contributed by atoms with Crippen molar-refractivity contribution in [3.05, 3.63) is 18.2 Å². The molecule has 3 nitrogen and oxygen atoms in total. The Hall–Kier alpha value is -0.830. The van der Waals surface area contributed by atoms with Crippen molar-refractivity contribution in [3.63, 3.8) is 0 Å². The molecule has 1 fully saturated rings. The van der Waals surface area contributed by atoms with Crippen LogP contribution in [0.1, 0.15) is 50.8 Å². The minimum Gasteiger partial charge on any atom is -0.330 e. The smallest absolute Gasteiger partial charge is 0.0951 e. The summed E-state index contributed by atoms with van der Waals surface area (Å²) in [5.74, 6) is 0.818. The summed E-state index contributed by atoms with van der Waals surface area (Å²) in [6.07, 6.45) is 10.7. The summed E-state index contributed by atoms with van der Waals surface area (Å²) in [5.41, 5.74) is 6.86. The van der Waals surface area contributed by atoms with Crippen LogP contribution in [-0.2, 0) is 6.54 Å². The van der Waals surface area contributed by atoms with Gasteiger partial charge in [-0.25, -0.2) is 4.98 Å².